The van der Waals surface area contributed by atoms with Crippen LogP contribution >= 0.6 is 0 Å². The highest BCUT2D eigenvalue weighted by molar-refractivity contribution is 6.04. The van der Waals surface area contributed by atoms with E-state index < -0.39 is 0 Å². The normalized spacial score (nSPS) is 11.0. The monoisotopic (exact) mass is 599 g/mol. The van der Waals surface area contributed by atoms with Crippen LogP contribution in [0.15, 0.2) is 200 Å². The van der Waals surface area contributed by atoms with Gasteiger partial charge in [-0.3, -0.25) is 0 Å². The molecule has 0 saturated heterocycles. The summed E-state index contributed by atoms with van der Waals surface area (Å²) in [6.45, 7) is 0. The molecule has 0 bridgehead atoms. The van der Waals surface area contributed by atoms with E-state index in [2.05, 4.69) is 205 Å². The molecule has 0 aliphatic heterocycles. The lowest BCUT2D eigenvalue weighted by Gasteiger charge is -2.26. The van der Waals surface area contributed by atoms with E-state index in [-0.39, 0.29) is 0 Å². The molecule has 0 saturated carbocycles. The van der Waals surface area contributed by atoms with Crippen LogP contribution in [0, 0.1) is 0 Å². The Labute approximate surface area is 276 Å². The zero-order valence-electron chi connectivity index (χ0n) is 26.0. The summed E-state index contributed by atoms with van der Waals surface area (Å²) >= 11 is 0. The third-order valence-electron chi connectivity index (χ3n) is 8.87. The maximum Gasteiger partial charge on any atom is 0.0462 e. The standard InChI is InChI=1S/C46H33N/c1-4-13-34(14-5-1)39-18-12-19-40(33-39)35-23-28-42(29-24-35)47(41-20-8-3-9-21-41)43-30-25-37(26-31-43)45-32-27-36-15-10-11-22-44(36)46(45)38-16-6-2-7-17-38/h1-33H. The van der Waals surface area contributed by atoms with E-state index in [0.717, 1.165) is 17.1 Å². The Bertz CT molecular complexity index is 2250. The van der Waals surface area contributed by atoms with Gasteiger partial charge in [0.05, 0.1) is 0 Å². The first-order valence-corrected chi connectivity index (χ1v) is 16.1. The molecular formula is C46H33N. The van der Waals surface area contributed by atoms with E-state index >= 15 is 0 Å². The van der Waals surface area contributed by atoms with Crippen LogP contribution in [-0.2, 0) is 0 Å². The summed E-state index contributed by atoms with van der Waals surface area (Å²) in [5.41, 5.74) is 13.1. The minimum absolute atomic E-state index is 1.11. The van der Waals surface area contributed by atoms with Crippen molar-refractivity contribution in [2.45, 2.75) is 0 Å². The number of nitrogens with zero attached hydrogens (tertiary/aromatic N) is 1. The number of para-hydroxylation sites is 1. The highest BCUT2D eigenvalue weighted by atomic mass is 15.1. The van der Waals surface area contributed by atoms with Crippen LogP contribution in [0.3, 0.4) is 0 Å². The van der Waals surface area contributed by atoms with Crippen LogP contribution in [-0.4, -0.2) is 0 Å². The molecule has 1 nitrogen and oxygen atoms in total. The van der Waals surface area contributed by atoms with Gasteiger partial charge in [0, 0.05) is 17.1 Å². The summed E-state index contributed by atoms with van der Waals surface area (Å²) in [6, 6.07) is 71.7. The minimum Gasteiger partial charge on any atom is -0.311 e. The van der Waals surface area contributed by atoms with Gasteiger partial charge in [-0.15, -0.1) is 0 Å². The Morgan fingerprint density at radius 1 is 0.277 bits per heavy atom. The molecule has 47 heavy (non-hydrogen) atoms. The van der Waals surface area contributed by atoms with Crippen molar-refractivity contribution < 1.29 is 0 Å². The van der Waals surface area contributed by atoms with Gasteiger partial charge in [-0.2, -0.15) is 0 Å². The fourth-order valence-electron chi connectivity index (χ4n) is 6.55. The van der Waals surface area contributed by atoms with Crippen LogP contribution in [0.2, 0.25) is 0 Å². The zero-order valence-corrected chi connectivity index (χ0v) is 26.0. The van der Waals surface area contributed by atoms with Crippen LogP contribution in [0.25, 0.3) is 55.3 Å². The topological polar surface area (TPSA) is 3.24 Å². The Balaban J connectivity index is 1.16. The average molecular weight is 600 g/mol. The molecule has 0 spiro atoms. The molecule has 0 fully saturated rings. The molecule has 8 aromatic carbocycles. The predicted molar refractivity (Wildman–Crippen MR) is 200 cm³/mol. The summed E-state index contributed by atoms with van der Waals surface area (Å²) < 4.78 is 0. The Morgan fingerprint density at radius 2 is 0.745 bits per heavy atom. The lowest BCUT2D eigenvalue weighted by atomic mass is 9.90. The predicted octanol–water partition coefficient (Wildman–Crippen LogP) is 13.0. The van der Waals surface area contributed by atoms with Gasteiger partial charge in [-0.25, -0.2) is 0 Å². The number of anilines is 3. The SMILES string of the molecule is c1ccc(-c2cccc(-c3ccc(N(c4ccccc4)c4ccc(-c5ccc6ccccc6c5-c5ccccc5)cc4)cc3)c2)cc1. The first-order valence-electron chi connectivity index (χ1n) is 16.1. The molecule has 0 N–H and O–H groups in total. The van der Waals surface area contributed by atoms with Crippen molar-refractivity contribution in [1.29, 1.82) is 0 Å². The first kappa shape index (κ1) is 28.3. The number of fused-ring (bicyclic) bond motifs is 1. The molecule has 0 unspecified atom stereocenters. The second-order valence-electron chi connectivity index (χ2n) is 11.8. The second kappa shape index (κ2) is 12.7. The van der Waals surface area contributed by atoms with E-state index in [1.807, 2.05) is 0 Å². The Hall–Kier alpha value is -6.18. The third-order valence-corrected chi connectivity index (χ3v) is 8.87. The molecule has 0 amide bonds. The highest BCUT2D eigenvalue weighted by Gasteiger charge is 2.15. The Kier molecular flexibility index (Phi) is 7.63. The molecule has 0 aromatic heterocycles. The molecule has 8 aromatic rings. The fraction of sp³-hybridized carbons (Fsp3) is 0. The summed E-state index contributed by atoms with van der Waals surface area (Å²) in [4.78, 5) is 2.33. The van der Waals surface area contributed by atoms with Crippen molar-refractivity contribution in [2.75, 3.05) is 4.90 Å². The zero-order chi connectivity index (χ0) is 31.4. The molecule has 0 heterocycles. The molecule has 0 aliphatic carbocycles. The van der Waals surface area contributed by atoms with Gasteiger partial charge in [-0.1, -0.05) is 158 Å². The summed E-state index contributed by atoms with van der Waals surface area (Å²) in [6.07, 6.45) is 0. The van der Waals surface area contributed by atoms with Crippen LogP contribution < -0.4 is 4.90 Å². The van der Waals surface area contributed by atoms with Gasteiger partial charge < -0.3 is 4.90 Å². The Morgan fingerprint density at radius 3 is 1.38 bits per heavy atom. The maximum atomic E-state index is 2.33. The number of hydrogen-bond donors (Lipinski definition) is 0. The smallest absolute Gasteiger partial charge is 0.0462 e. The molecule has 0 radical (unpaired) electrons. The molecule has 1 heteroatoms. The van der Waals surface area contributed by atoms with Crippen molar-refractivity contribution in [1.82, 2.24) is 0 Å². The number of hydrogen-bond acceptors (Lipinski definition) is 1. The van der Waals surface area contributed by atoms with Crippen molar-refractivity contribution in [3.63, 3.8) is 0 Å². The molecule has 8 rings (SSSR count). The lowest BCUT2D eigenvalue weighted by Crippen LogP contribution is -2.09. The van der Waals surface area contributed by atoms with Crippen molar-refractivity contribution >= 4 is 27.8 Å². The molecular weight excluding hydrogens is 567 g/mol. The van der Waals surface area contributed by atoms with Gasteiger partial charge >= 0.3 is 0 Å². The van der Waals surface area contributed by atoms with Gasteiger partial charge in [0.15, 0.2) is 0 Å². The van der Waals surface area contributed by atoms with Crippen molar-refractivity contribution in [3.05, 3.63) is 200 Å². The van der Waals surface area contributed by atoms with Crippen molar-refractivity contribution in [2.24, 2.45) is 0 Å². The number of rotatable bonds is 7. The largest absolute Gasteiger partial charge is 0.311 e. The second-order valence-corrected chi connectivity index (χ2v) is 11.8. The maximum absolute atomic E-state index is 2.33. The van der Waals surface area contributed by atoms with E-state index in [9.17, 15) is 0 Å². The summed E-state index contributed by atoms with van der Waals surface area (Å²) in [5.74, 6) is 0. The van der Waals surface area contributed by atoms with Gasteiger partial charge in [0.1, 0.15) is 0 Å². The van der Waals surface area contributed by atoms with E-state index in [0.29, 0.717) is 0 Å². The summed E-state index contributed by atoms with van der Waals surface area (Å²) in [7, 11) is 0. The van der Waals surface area contributed by atoms with Crippen molar-refractivity contribution in [3.8, 4) is 44.5 Å². The first-order chi connectivity index (χ1) is 23.3. The quantitative estimate of drug-likeness (QED) is 0.176. The molecule has 222 valence electrons. The fourth-order valence-corrected chi connectivity index (χ4v) is 6.55. The van der Waals surface area contributed by atoms with E-state index in [1.54, 1.807) is 0 Å². The van der Waals surface area contributed by atoms with Crippen LogP contribution in [0.4, 0.5) is 17.1 Å². The van der Waals surface area contributed by atoms with Crippen LogP contribution in [0.1, 0.15) is 0 Å². The lowest BCUT2D eigenvalue weighted by molar-refractivity contribution is 1.28. The average Bonchev–Trinajstić information content (AvgIpc) is 3.16. The van der Waals surface area contributed by atoms with E-state index in [1.165, 1.54) is 55.3 Å². The number of benzene rings is 8. The minimum atomic E-state index is 1.11. The molecule has 0 aliphatic rings. The summed E-state index contributed by atoms with van der Waals surface area (Å²) in [5, 5.41) is 2.51. The van der Waals surface area contributed by atoms with Gasteiger partial charge in [0.2, 0.25) is 0 Å². The molecule has 0 atom stereocenters. The third kappa shape index (κ3) is 5.72. The van der Waals surface area contributed by atoms with Gasteiger partial charge in [0.25, 0.3) is 0 Å². The highest BCUT2D eigenvalue weighted by Crippen LogP contribution is 2.41. The van der Waals surface area contributed by atoms with Crippen LogP contribution in [0.5, 0.6) is 0 Å². The van der Waals surface area contributed by atoms with E-state index in [4.69, 9.17) is 0 Å². The van der Waals surface area contributed by atoms with Gasteiger partial charge in [-0.05, 0) is 97.7 Å².